The number of benzene rings is 1. The average molecular weight is 302 g/mol. The van der Waals surface area contributed by atoms with Crippen LogP contribution in [-0.2, 0) is 10.9 Å². The van der Waals surface area contributed by atoms with Gasteiger partial charge in [0.25, 0.3) is 0 Å². The molecule has 0 radical (unpaired) electrons. The predicted octanol–water partition coefficient (Wildman–Crippen LogP) is 3.35. The summed E-state index contributed by atoms with van der Waals surface area (Å²) in [7, 11) is 1.95. The van der Waals surface area contributed by atoms with Gasteiger partial charge in [0.2, 0.25) is 0 Å². The van der Waals surface area contributed by atoms with Crippen LogP contribution in [0.4, 0.5) is 23.7 Å². The predicted molar refractivity (Wildman–Crippen MR) is 72.1 cm³/mol. The minimum absolute atomic E-state index is 0.182. The number of anilines is 1. The zero-order chi connectivity index (χ0) is 15.5. The fourth-order valence-corrected chi connectivity index (χ4v) is 2.26. The first kappa shape index (κ1) is 15.6. The van der Waals surface area contributed by atoms with Gasteiger partial charge < -0.3 is 9.64 Å². The second-order valence-electron chi connectivity index (χ2n) is 5.13. The second-order valence-corrected chi connectivity index (χ2v) is 5.13. The van der Waals surface area contributed by atoms with Gasteiger partial charge in [0.1, 0.15) is 6.10 Å². The van der Waals surface area contributed by atoms with Crippen LogP contribution in [0.1, 0.15) is 18.4 Å². The Balaban J connectivity index is 1.87. The lowest BCUT2D eigenvalue weighted by molar-refractivity contribution is -0.137. The van der Waals surface area contributed by atoms with Gasteiger partial charge >= 0.3 is 12.3 Å². The Morgan fingerprint density at radius 3 is 2.57 bits per heavy atom. The third kappa shape index (κ3) is 4.63. The second kappa shape index (κ2) is 6.34. The highest BCUT2D eigenvalue weighted by molar-refractivity contribution is 5.84. The molecule has 0 spiro atoms. The number of alkyl halides is 3. The number of rotatable bonds is 2. The van der Waals surface area contributed by atoms with Gasteiger partial charge in [-0.3, -0.25) is 5.32 Å². The number of hydrogen-bond donors (Lipinski definition) is 1. The fourth-order valence-electron chi connectivity index (χ4n) is 2.26. The van der Waals surface area contributed by atoms with Crippen molar-refractivity contribution in [3.8, 4) is 0 Å². The Morgan fingerprint density at radius 1 is 1.33 bits per heavy atom. The molecule has 2 rings (SSSR count). The Hall–Kier alpha value is -1.76. The molecule has 116 valence electrons. The number of nitrogens with one attached hydrogen (secondary N) is 1. The van der Waals surface area contributed by atoms with E-state index in [0.717, 1.165) is 31.5 Å². The van der Waals surface area contributed by atoms with Gasteiger partial charge in [-0.1, -0.05) is 0 Å². The van der Waals surface area contributed by atoms with Crippen LogP contribution in [0.3, 0.4) is 0 Å². The summed E-state index contributed by atoms with van der Waals surface area (Å²) in [5.74, 6) is 0. The molecule has 1 saturated heterocycles. The molecule has 1 aliphatic heterocycles. The molecule has 1 fully saturated rings. The zero-order valence-electron chi connectivity index (χ0n) is 11.6. The molecule has 1 amide bonds. The monoisotopic (exact) mass is 302 g/mol. The highest BCUT2D eigenvalue weighted by atomic mass is 19.4. The molecule has 1 N–H and O–H groups in total. The normalized spacial score (nSPS) is 20.1. The average Bonchev–Trinajstić information content (AvgIpc) is 2.38. The summed E-state index contributed by atoms with van der Waals surface area (Å²) in [5.41, 5.74) is -0.479. The topological polar surface area (TPSA) is 41.6 Å². The molecule has 1 heterocycles. The van der Waals surface area contributed by atoms with Crippen LogP contribution < -0.4 is 5.32 Å². The van der Waals surface area contributed by atoms with Gasteiger partial charge in [-0.05, 0) is 50.7 Å². The molecule has 1 aromatic carbocycles. The molecule has 0 unspecified atom stereocenters. The lowest BCUT2D eigenvalue weighted by Crippen LogP contribution is -2.38. The quantitative estimate of drug-likeness (QED) is 0.911. The Bertz CT molecular complexity index is 488. The standard InChI is InChI=1S/C14H17F3N2O2/c1-19-8-2-3-12(9-19)21-13(20)18-11-6-4-10(5-7-11)14(15,16)17/h4-7,12H,2-3,8-9H2,1H3,(H,18,20)/t12-/m0/s1. The summed E-state index contributed by atoms with van der Waals surface area (Å²) >= 11 is 0. The minimum Gasteiger partial charge on any atom is -0.445 e. The molecular weight excluding hydrogens is 285 g/mol. The molecule has 21 heavy (non-hydrogen) atoms. The number of likely N-dealkylation sites (tertiary alicyclic amines) is 1. The van der Waals surface area contributed by atoms with Crippen molar-refractivity contribution in [1.29, 1.82) is 0 Å². The molecule has 0 bridgehead atoms. The summed E-state index contributed by atoms with van der Waals surface area (Å²) in [4.78, 5) is 13.8. The Labute approximate surface area is 120 Å². The summed E-state index contributed by atoms with van der Waals surface area (Å²) in [5, 5.41) is 2.44. The van der Waals surface area contributed by atoms with E-state index in [4.69, 9.17) is 4.74 Å². The molecule has 0 saturated carbocycles. The number of hydrogen-bond acceptors (Lipinski definition) is 3. The maximum atomic E-state index is 12.4. The van der Waals surface area contributed by atoms with Crippen molar-refractivity contribution in [2.75, 3.05) is 25.5 Å². The smallest absolute Gasteiger partial charge is 0.416 e. The molecule has 0 aliphatic carbocycles. The van der Waals surface area contributed by atoms with E-state index in [2.05, 4.69) is 10.2 Å². The van der Waals surface area contributed by atoms with E-state index in [9.17, 15) is 18.0 Å². The van der Waals surface area contributed by atoms with Crippen molar-refractivity contribution in [3.05, 3.63) is 29.8 Å². The molecule has 4 nitrogen and oxygen atoms in total. The number of carbonyl (C=O) groups excluding carboxylic acids is 1. The van der Waals surface area contributed by atoms with Crippen LogP contribution in [0, 0.1) is 0 Å². The number of ether oxygens (including phenoxy) is 1. The van der Waals surface area contributed by atoms with Crippen LogP contribution in [0.25, 0.3) is 0 Å². The molecule has 1 atom stereocenters. The maximum absolute atomic E-state index is 12.4. The summed E-state index contributed by atoms with van der Waals surface area (Å²) < 4.78 is 42.5. The molecule has 7 heteroatoms. The summed E-state index contributed by atoms with van der Waals surface area (Å²) in [6.45, 7) is 1.64. The zero-order valence-corrected chi connectivity index (χ0v) is 11.6. The fraction of sp³-hybridized carbons (Fsp3) is 0.500. The SMILES string of the molecule is CN1CCC[C@H](OC(=O)Nc2ccc(C(F)(F)F)cc2)C1. The third-order valence-electron chi connectivity index (χ3n) is 3.31. The Morgan fingerprint density at radius 2 is 2.00 bits per heavy atom. The molecule has 1 aromatic rings. The van der Waals surface area contributed by atoms with Crippen LogP contribution >= 0.6 is 0 Å². The van der Waals surface area contributed by atoms with E-state index in [1.807, 2.05) is 7.05 Å². The van der Waals surface area contributed by atoms with Crippen LogP contribution in [-0.4, -0.2) is 37.2 Å². The third-order valence-corrected chi connectivity index (χ3v) is 3.31. The molecule has 0 aromatic heterocycles. The largest absolute Gasteiger partial charge is 0.445 e. The van der Waals surface area contributed by atoms with Crippen LogP contribution in [0.5, 0.6) is 0 Å². The van der Waals surface area contributed by atoms with Crippen molar-refractivity contribution in [3.63, 3.8) is 0 Å². The first-order valence-electron chi connectivity index (χ1n) is 6.68. The van der Waals surface area contributed by atoms with E-state index in [1.165, 1.54) is 12.1 Å². The van der Waals surface area contributed by atoms with Crippen molar-refractivity contribution in [2.24, 2.45) is 0 Å². The van der Waals surface area contributed by atoms with Crippen molar-refractivity contribution in [2.45, 2.75) is 25.1 Å². The number of amides is 1. The van der Waals surface area contributed by atoms with Crippen molar-refractivity contribution < 1.29 is 22.7 Å². The lowest BCUT2D eigenvalue weighted by atomic mass is 10.1. The first-order chi connectivity index (χ1) is 9.84. The van der Waals surface area contributed by atoms with E-state index in [1.54, 1.807) is 0 Å². The minimum atomic E-state index is -4.38. The van der Waals surface area contributed by atoms with Crippen molar-refractivity contribution >= 4 is 11.8 Å². The Kier molecular flexibility index (Phi) is 4.72. The highest BCUT2D eigenvalue weighted by Gasteiger charge is 2.30. The van der Waals surface area contributed by atoms with E-state index in [0.29, 0.717) is 6.54 Å². The number of likely N-dealkylation sites (N-methyl/N-ethyl adjacent to an activating group) is 1. The van der Waals surface area contributed by atoms with E-state index < -0.39 is 17.8 Å². The van der Waals surface area contributed by atoms with Gasteiger partial charge in [0, 0.05) is 12.2 Å². The lowest BCUT2D eigenvalue weighted by Gasteiger charge is -2.29. The summed E-state index contributed by atoms with van der Waals surface area (Å²) in [6.07, 6.45) is -3.46. The van der Waals surface area contributed by atoms with Gasteiger partial charge in [-0.25, -0.2) is 4.79 Å². The highest BCUT2D eigenvalue weighted by Crippen LogP contribution is 2.29. The van der Waals surface area contributed by atoms with Crippen molar-refractivity contribution in [1.82, 2.24) is 4.90 Å². The number of carbonyl (C=O) groups is 1. The van der Waals surface area contributed by atoms with Gasteiger partial charge in [-0.15, -0.1) is 0 Å². The van der Waals surface area contributed by atoms with Gasteiger partial charge in [0.15, 0.2) is 0 Å². The summed E-state index contributed by atoms with van der Waals surface area (Å²) in [6, 6.07) is 4.25. The van der Waals surface area contributed by atoms with Crippen LogP contribution in [0.2, 0.25) is 0 Å². The maximum Gasteiger partial charge on any atom is 0.416 e. The molecular formula is C14H17F3N2O2. The van der Waals surface area contributed by atoms with Gasteiger partial charge in [-0.2, -0.15) is 13.2 Å². The number of piperidine rings is 1. The van der Waals surface area contributed by atoms with Gasteiger partial charge in [0.05, 0.1) is 5.56 Å². The number of halogens is 3. The van der Waals surface area contributed by atoms with E-state index in [-0.39, 0.29) is 11.8 Å². The van der Waals surface area contributed by atoms with Crippen LogP contribution in [0.15, 0.2) is 24.3 Å². The number of nitrogens with zero attached hydrogens (tertiary/aromatic N) is 1. The molecule has 1 aliphatic rings. The first-order valence-corrected chi connectivity index (χ1v) is 6.68. The van der Waals surface area contributed by atoms with E-state index >= 15 is 0 Å².